The van der Waals surface area contributed by atoms with E-state index >= 15 is 0 Å². The summed E-state index contributed by atoms with van der Waals surface area (Å²) in [6, 6.07) is 22.5. The Bertz CT molecular complexity index is 1160. The zero-order valence-corrected chi connectivity index (χ0v) is 17.8. The van der Waals surface area contributed by atoms with Crippen molar-refractivity contribution in [2.75, 3.05) is 4.90 Å². The topological polar surface area (TPSA) is 33.2 Å². The Kier molecular flexibility index (Phi) is 5.45. The molecule has 29 heavy (non-hydrogen) atoms. The number of benzene rings is 3. The van der Waals surface area contributed by atoms with Crippen LogP contribution in [0.25, 0.3) is 10.2 Å². The molecule has 0 bridgehead atoms. The molecule has 146 valence electrons. The average Bonchev–Trinajstić information content (AvgIpc) is 3.15. The van der Waals surface area contributed by atoms with Crippen LogP contribution in [-0.4, -0.2) is 10.9 Å². The predicted molar refractivity (Wildman–Crippen MR) is 122 cm³/mol. The van der Waals surface area contributed by atoms with Crippen LogP contribution in [0.2, 0.25) is 0 Å². The number of hydrogen-bond donors (Lipinski definition) is 0. The number of aryl methyl sites for hydroxylation is 3. The van der Waals surface area contributed by atoms with E-state index < -0.39 is 0 Å². The van der Waals surface area contributed by atoms with E-state index in [-0.39, 0.29) is 5.91 Å². The zero-order chi connectivity index (χ0) is 20.4. The molecule has 0 fully saturated rings. The van der Waals surface area contributed by atoms with Crippen molar-refractivity contribution in [3.05, 3.63) is 94.5 Å². The second-order valence-electron chi connectivity index (χ2n) is 7.48. The smallest absolute Gasteiger partial charge is 0.233 e. The van der Waals surface area contributed by atoms with Gasteiger partial charge >= 0.3 is 0 Å². The van der Waals surface area contributed by atoms with Crippen LogP contribution >= 0.6 is 11.3 Å². The summed E-state index contributed by atoms with van der Waals surface area (Å²) in [4.78, 5) is 20.0. The van der Waals surface area contributed by atoms with Crippen molar-refractivity contribution in [3.8, 4) is 0 Å². The Morgan fingerprint density at radius 2 is 1.66 bits per heavy atom. The Morgan fingerprint density at radius 3 is 2.38 bits per heavy atom. The predicted octanol–water partition coefficient (Wildman–Crippen LogP) is 6.00. The van der Waals surface area contributed by atoms with Gasteiger partial charge in [0.1, 0.15) is 0 Å². The molecule has 1 amide bonds. The van der Waals surface area contributed by atoms with Crippen molar-refractivity contribution in [2.24, 2.45) is 0 Å². The van der Waals surface area contributed by atoms with Crippen molar-refractivity contribution >= 4 is 32.6 Å². The van der Waals surface area contributed by atoms with Crippen LogP contribution in [-0.2, 0) is 17.8 Å². The van der Waals surface area contributed by atoms with Crippen LogP contribution in [0.1, 0.15) is 27.8 Å². The molecule has 0 spiro atoms. The van der Waals surface area contributed by atoms with Gasteiger partial charge in [0.25, 0.3) is 0 Å². The van der Waals surface area contributed by atoms with Crippen molar-refractivity contribution in [2.45, 2.75) is 33.7 Å². The molecule has 0 saturated heterocycles. The maximum atomic E-state index is 13.4. The molecule has 0 aliphatic rings. The number of amides is 1. The van der Waals surface area contributed by atoms with Crippen LogP contribution < -0.4 is 4.90 Å². The molecule has 0 atom stereocenters. The number of hydrogen-bond acceptors (Lipinski definition) is 3. The molecule has 4 aromatic rings. The van der Waals surface area contributed by atoms with Crippen molar-refractivity contribution < 1.29 is 4.79 Å². The Balaban J connectivity index is 1.69. The van der Waals surface area contributed by atoms with Crippen molar-refractivity contribution in [3.63, 3.8) is 0 Å². The van der Waals surface area contributed by atoms with E-state index in [1.807, 2.05) is 35.2 Å². The molecular formula is C25H24N2OS. The second-order valence-corrected chi connectivity index (χ2v) is 8.49. The van der Waals surface area contributed by atoms with Gasteiger partial charge in [-0.2, -0.15) is 0 Å². The Hall–Kier alpha value is -2.98. The van der Waals surface area contributed by atoms with E-state index in [1.165, 1.54) is 11.1 Å². The summed E-state index contributed by atoms with van der Waals surface area (Å²) in [6.07, 6.45) is 0.364. The Morgan fingerprint density at radius 1 is 0.862 bits per heavy atom. The van der Waals surface area contributed by atoms with Crippen LogP contribution in [0.15, 0.2) is 66.7 Å². The summed E-state index contributed by atoms with van der Waals surface area (Å²) in [5.41, 5.74) is 6.69. The first-order chi connectivity index (χ1) is 14.0. The molecule has 1 heterocycles. The van der Waals surface area contributed by atoms with E-state index in [0.29, 0.717) is 13.0 Å². The van der Waals surface area contributed by atoms with E-state index in [1.54, 1.807) is 11.3 Å². The van der Waals surface area contributed by atoms with Gasteiger partial charge in [0.05, 0.1) is 23.2 Å². The van der Waals surface area contributed by atoms with Gasteiger partial charge in [0, 0.05) is 0 Å². The number of carbonyl (C=O) groups excluding carboxylic acids is 1. The maximum absolute atomic E-state index is 13.4. The third-order valence-corrected chi connectivity index (χ3v) is 6.30. The lowest BCUT2D eigenvalue weighted by molar-refractivity contribution is -0.118. The first kappa shape index (κ1) is 19.3. The summed E-state index contributed by atoms with van der Waals surface area (Å²) in [5.74, 6) is 0.0637. The standard InChI is InChI=1S/C25H24N2OS/c1-17-12-13-21(14-19(17)3)15-23(28)27(16-20-9-5-4-6-10-20)25-26-24-18(2)8-7-11-22(24)29-25/h4-14H,15-16H2,1-3H3. The molecule has 0 unspecified atom stereocenters. The third-order valence-electron chi connectivity index (χ3n) is 5.25. The minimum atomic E-state index is 0.0637. The van der Waals surface area contributed by atoms with Crippen molar-refractivity contribution in [1.82, 2.24) is 4.98 Å². The third kappa shape index (κ3) is 4.22. The largest absolute Gasteiger partial charge is 0.283 e. The number of anilines is 1. The monoisotopic (exact) mass is 400 g/mol. The number of para-hydroxylation sites is 1. The van der Waals surface area contributed by atoms with Crippen LogP contribution in [0.4, 0.5) is 5.13 Å². The summed E-state index contributed by atoms with van der Waals surface area (Å²) in [5, 5.41) is 0.756. The number of nitrogens with zero attached hydrogens (tertiary/aromatic N) is 2. The molecule has 4 heteroatoms. The van der Waals surface area contributed by atoms with Gasteiger partial charge in [0.2, 0.25) is 5.91 Å². The van der Waals surface area contributed by atoms with Gasteiger partial charge in [-0.3, -0.25) is 9.69 Å². The lowest BCUT2D eigenvalue weighted by Crippen LogP contribution is -2.31. The molecule has 0 aliphatic heterocycles. The van der Waals surface area contributed by atoms with Gasteiger partial charge in [-0.05, 0) is 54.7 Å². The number of rotatable bonds is 5. The highest BCUT2D eigenvalue weighted by Crippen LogP contribution is 2.32. The molecule has 0 radical (unpaired) electrons. The highest BCUT2D eigenvalue weighted by molar-refractivity contribution is 7.22. The van der Waals surface area contributed by atoms with Gasteiger partial charge in [-0.15, -0.1) is 0 Å². The first-order valence-electron chi connectivity index (χ1n) is 9.78. The van der Waals surface area contributed by atoms with Gasteiger partial charge in [-0.25, -0.2) is 4.98 Å². The van der Waals surface area contributed by atoms with E-state index in [0.717, 1.165) is 32.0 Å². The fraction of sp³-hybridized carbons (Fsp3) is 0.200. The van der Waals surface area contributed by atoms with Gasteiger partial charge < -0.3 is 0 Å². The van der Waals surface area contributed by atoms with Gasteiger partial charge in [0.15, 0.2) is 5.13 Å². The number of carbonyl (C=O) groups is 1. The molecule has 4 rings (SSSR count). The molecule has 0 saturated carbocycles. The van der Waals surface area contributed by atoms with Crippen LogP contribution in [0.3, 0.4) is 0 Å². The summed E-state index contributed by atoms with van der Waals surface area (Å²) < 4.78 is 1.11. The fourth-order valence-electron chi connectivity index (χ4n) is 3.40. The molecular weight excluding hydrogens is 376 g/mol. The second kappa shape index (κ2) is 8.18. The fourth-order valence-corrected chi connectivity index (χ4v) is 4.46. The Labute approximate surface area is 175 Å². The normalized spacial score (nSPS) is 11.0. The number of thiazole rings is 1. The number of fused-ring (bicyclic) bond motifs is 1. The van der Waals surface area contributed by atoms with Crippen molar-refractivity contribution in [1.29, 1.82) is 0 Å². The molecule has 3 aromatic carbocycles. The average molecular weight is 401 g/mol. The highest BCUT2D eigenvalue weighted by atomic mass is 32.1. The molecule has 0 aliphatic carbocycles. The van der Waals surface area contributed by atoms with E-state index in [9.17, 15) is 4.79 Å². The minimum Gasteiger partial charge on any atom is -0.283 e. The molecule has 3 nitrogen and oxygen atoms in total. The summed E-state index contributed by atoms with van der Waals surface area (Å²) >= 11 is 1.58. The van der Waals surface area contributed by atoms with E-state index in [4.69, 9.17) is 4.98 Å². The zero-order valence-electron chi connectivity index (χ0n) is 17.0. The lowest BCUT2D eigenvalue weighted by Gasteiger charge is -2.20. The van der Waals surface area contributed by atoms with E-state index in [2.05, 4.69) is 57.2 Å². The van der Waals surface area contributed by atoms with Crippen LogP contribution in [0, 0.1) is 20.8 Å². The maximum Gasteiger partial charge on any atom is 0.233 e. The molecule has 1 aromatic heterocycles. The minimum absolute atomic E-state index is 0.0637. The van der Waals surface area contributed by atoms with Crippen LogP contribution in [0.5, 0.6) is 0 Å². The highest BCUT2D eigenvalue weighted by Gasteiger charge is 2.21. The quantitative estimate of drug-likeness (QED) is 0.412. The summed E-state index contributed by atoms with van der Waals surface area (Å²) in [6.45, 7) is 6.75. The SMILES string of the molecule is Cc1ccc(CC(=O)N(Cc2ccccc2)c2nc3c(C)cccc3s2)cc1C. The molecule has 0 N–H and O–H groups in total. The van der Waals surface area contributed by atoms with Gasteiger partial charge in [-0.1, -0.05) is 72.0 Å². The lowest BCUT2D eigenvalue weighted by atomic mass is 10.0. The number of aromatic nitrogens is 1. The first-order valence-corrected chi connectivity index (χ1v) is 10.6. The summed E-state index contributed by atoms with van der Waals surface area (Å²) in [7, 11) is 0.